The Labute approximate surface area is 178 Å². The minimum atomic E-state index is -3.49. The summed E-state index contributed by atoms with van der Waals surface area (Å²) in [6, 6.07) is 13.6. The summed E-state index contributed by atoms with van der Waals surface area (Å²) in [6.45, 7) is 4.71. The summed E-state index contributed by atoms with van der Waals surface area (Å²) in [7, 11) is -3.49. The minimum Gasteiger partial charge on any atom is -0.349 e. The molecular formula is C23H29FN2O3S. The lowest BCUT2D eigenvalue weighted by atomic mass is 9.95. The molecule has 30 heavy (non-hydrogen) atoms. The minimum absolute atomic E-state index is 0.0157. The van der Waals surface area contributed by atoms with Crippen LogP contribution in [0.2, 0.25) is 0 Å². The van der Waals surface area contributed by atoms with Crippen LogP contribution in [0.3, 0.4) is 0 Å². The zero-order valence-electron chi connectivity index (χ0n) is 17.5. The Morgan fingerprint density at radius 3 is 2.27 bits per heavy atom. The van der Waals surface area contributed by atoms with E-state index in [0.29, 0.717) is 31.5 Å². The average molecular weight is 433 g/mol. The molecule has 1 heterocycles. The fraction of sp³-hybridized carbons (Fsp3) is 0.435. The molecule has 7 heteroatoms. The largest absolute Gasteiger partial charge is 0.349 e. The van der Waals surface area contributed by atoms with Gasteiger partial charge in [0.15, 0.2) is 0 Å². The number of benzene rings is 2. The summed E-state index contributed by atoms with van der Waals surface area (Å²) in [4.78, 5) is 12.8. The van der Waals surface area contributed by atoms with E-state index in [1.807, 2.05) is 38.1 Å². The van der Waals surface area contributed by atoms with Gasteiger partial charge < -0.3 is 5.32 Å². The first kappa shape index (κ1) is 22.4. The normalized spacial score (nSPS) is 16.9. The van der Waals surface area contributed by atoms with Gasteiger partial charge in [-0.2, -0.15) is 0 Å². The van der Waals surface area contributed by atoms with E-state index in [2.05, 4.69) is 5.32 Å². The standard InChI is InChI=1S/C23H29FN2O3S/c1-3-22(19-8-4-17(2)5-9-19)25-23(27)20-12-14-26(15-13-20)30(28,29)16-18-6-10-21(24)11-7-18/h4-11,20,22H,3,12-16H2,1-2H3,(H,25,27). The number of nitrogens with zero attached hydrogens (tertiary/aromatic N) is 1. The molecule has 0 saturated carbocycles. The number of nitrogens with one attached hydrogen (secondary N) is 1. The number of rotatable bonds is 7. The number of aryl methyl sites for hydroxylation is 1. The smallest absolute Gasteiger partial charge is 0.223 e. The zero-order valence-corrected chi connectivity index (χ0v) is 18.3. The van der Waals surface area contributed by atoms with Gasteiger partial charge in [0.2, 0.25) is 15.9 Å². The number of hydrogen-bond donors (Lipinski definition) is 1. The Hall–Kier alpha value is -2.25. The van der Waals surface area contributed by atoms with Crippen LogP contribution in [0.1, 0.15) is 48.9 Å². The average Bonchev–Trinajstić information content (AvgIpc) is 2.74. The predicted molar refractivity (Wildman–Crippen MR) is 116 cm³/mol. The molecule has 2 aromatic rings. The molecule has 2 aromatic carbocycles. The summed E-state index contributed by atoms with van der Waals surface area (Å²) in [6.07, 6.45) is 1.79. The second-order valence-electron chi connectivity index (χ2n) is 7.94. The van der Waals surface area contributed by atoms with Crippen molar-refractivity contribution in [3.8, 4) is 0 Å². The first-order valence-electron chi connectivity index (χ1n) is 10.4. The second-order valence-corrected chi connectivity index (χ2v) is 9.91. The van der Waals surface area contributed by atoms with Crippen molar-refractivity contribution in [2.24, 2.45) is 5.92 Å². The van der Waals surface area contributed by atoms with Gasteiger partial charge in [0.05, 0.1) is 11.8 Å². The van der Waals surface area contributed by atoms with E-state index in [1.54, 1.807) is 0 Å². The van der Waals surface area contributed by atoms with Gasteiger partial charge in [-0.25, -0.2) is 17.1 Å². The number of piperidine rings is 1. The summed E-state index contributed by atoms with van der Waals surface area (Å²) in [5.41, 5.74) is 2.81. The molecule has 0 spiro atoms. The van der Waals surface area contributed by atoms with Crippen LogP contribution in [0.4, 0.5) is 4.39 Å². The third-order valence-corrected chi connectivity index (χ3v) is 7.53. The van der Waals surface area contributed by atoms with Gasteiger partial charge in [0.25, 0.3) is 0 Å². The van der Waals surface area contributed by atoms with E-state index in [1.165, 1.54) is 34.1 Å². The number of carbonyl (C=O) groups is 1. The zero-order chi connectivity index (χ0) is 21.7. The molecule has 1 atom stereocenters. The van der Waals surface area contributed by atoms with Gasteiger partial charge in [0, 0.05) is 19.0 Å². The fourth-order valence-corrected chi connectivity index (χ4v) is 5.35. The molecule has 0 bridgehead atoms. The molecule has 1 saturated heterocycles. The van der Waals surface area contributed by atoms with Crippen molar-refractivity contribution in [3.63, 3.8) is 0 Å². The monoisotopic (exact) mass is 432 g/mol. The maximum absolute atomic E-state index is 13.0. The number of sulfonamides is 1. The van der Waals surface area contributed by atoms with Gasteiger partial charge >= 0.3 is 0 Å². The quantitative estimate of drug-likeness (QED) is 0.721. The molecule has 1 amide bonds. The Kier molecular flexibility index (Phi) is 7.26. The first-order valence-corrected chi connectivity index (χ1v) is 12.0. The lowest BCUT2D eigenvalue weighted by molar-refractivity contribution is -0.126. The third kappa shape index (κ3) is 5.67. The van der Waals surface area contributed by atoms with E-state index in [4.69, 9.17) is 0 Å². The van der Waals surface area contributed by atoms with Crippen LogP contribution < -0.4 is 5.32 Å². The molecular weight excluding hydrogens is 403 g/mol. The van der Waals surface area contributed by atoms with Crippen LogP contribution in [0.5, 0.6) is 0 Å². The van der Waals surface area contributed by atoms with Crippen LogP contribution >= 0.6 is 0 Å². The van der Waals surface area contributed by atoms with E-state index < -0.39 is 10.0 Å². The van der Waals surface area contributed by atoms with Gasteiger partial charge in [-0.05, 0) is 49.4 Å². The third-order valence-electron chi connectivity index (χ3n) is 5.68. The van der Waals surface area contributed by atoms with Crippen LogP contribution in [0, 0.1) is 18.7 Å². The molecule has 1 unspecified atom stereocenters. The second kappa shape index (κ2) is 9.71. The molecule has 162 valence electrons. The molecule has 0 radical (unpaired) electrons. The van der Waals surface area contributed by atoms with Crippen molar-refractivity contribution in [1.82, 2.24) is 9.62 Å². The molecule has 1 fully saturated rings. The Bertz CT molecular complexity index is 951. The van der Waals surface area contributed by atoms with Crippen molar-refractivity contribution in [3.05, 3.63) is 71.0 Å². The van der Waals surface area contributed by atoms with Gasteiger partial charge in [-0.1, -0.05) is 48.9 Å². The van der Waals surface area contributed by atoms with Gasteiger partial charge in [-0.3, -0.25) is 4.79 Å². The summed E-state index contributed by atoms with van der Waals surface area (Å²) < 4.78 is 39.8. The molecule has 0 aromatic heterocycles. The summed E-state index contributed by atoms with van der Waals surface area (Å²) in [5.74, 6) is -0.756. The maximum Gasteiger partial charge on any atom is 0.223 e. The van der Waals surface area contributed by atoms with Crippen molar-refractivity contribution in [1.29, 1.82) is 0 Å². The van der Waals surface area contributed by atoms with E-state index in [-0.39, 0.29) is 29.4 Å². The summed E-state index contributed by atoms with van der Waals surface area (Å²) >= 11 is 0. The van der Waals surface area contributed by atoms with Crippen LogP contribution in [-0.4, -0.2) is 31.7 Å². The van der Waals surface area contributed by atoms with E-state index in [0.717, 1.165) is 12.0 Å². The van der Waals surface area contributed by atoms with Crippen molar-refractivity contribution in [2.75, 3.05) is 13.1 Å². The van der Waals surface area contributed by atoms with Crippen LogP contribution in [0.15, 0.2) is 48.5 Å². The summed E-state index contributed by atoms with van der Waals surface area (Å²) in [5, 5.41) is 3.13. The number of carbonyl (C=O) groups excluding carboxylic acids is 1. The van der Waals surface area contributed by atoms with Gasteiger partial charge in [-0.15, -0.1) is 0 Å². The topological polar surface area (TPSA) is 66.5 Å². The lowest BCUT2D eigenvalue weighted by Crippen LogP contribution is -2.44. The first-order chi connectivity index (χ1) is 14.3. The van der Waals surface area contributed by atoms with Gasteiger partial charge in [0.1, 0.15) is 5.82 Å². The SMILES string of the molecule is CCC(NC(=O)C1CCN(S(=O)(=O)Cc2ccc(F)cc2)CC1)c1ccc(C)cc1. The number of halogens is 1. The predicted octanol–water partition coefficient (Wildman–Crippen LogP) is 3.94. The van der Waals surface area contributed by atoms with Crippen molar-refractivity contribution < 1.29 is 17.6 Å². The number of hydrogen-bond acceptors (Lipinski definition) is 3. The number of amides is 1. The molecule has 1 aliphatic heterocycles. The molecule has 1 aliphatic rings. The highest BCUT2D eigenvalue weighted by molar-refractivity contribution is 7.88. The van der Waals surface area contributed by atoms with Crippen molar-refractivity contribution >= 4 is 15.9 Å². The van der Waals surface area contributed by atoms with E-state index in [9.17, 15) is 17.6 Å². The molecule has 5 nitrogen and oxygen atoms in total. The van der Waals surface area contributed by atoms with Crippen LogP contribution in [-0.2, 0) is 20.6 Å². The maximum atomic E-state index is 13.0. The highest BCUT2D eigenvalue weighted by Gasteiger charge is 2.31. The Balaban J connectivity index is 1.55. The Morgan fingerprint density at radius 2 is 1.70 bits per heavy atom. The fourth-order valence-electron chi connectivity index (χ4n) is 3.79. The highest BCUT2D eigenvalue weighted by atomic mass is 32.2. The van der Waals surface area contributed by atoms with Crippen LogP contribution in [0.25, 0.3) is 0 Å². The van der Waals surface area contributed by atoms with Crippen molar-refractivity contribution in [2.45, 2.75) is 44.9 Å². The van der Waals surface area contributed by atoms with E-state index >= 15 is 0 Å². The Morgan fingerprint density at radius 1 is 1.10 bits per heavy atom. The molecule has 3 rings (SSSR count). The molecule has 1 N–H and O–H groups in total. The highest BCUT2D eigenvalue weighted by Crippen LogP contribution is 2.24. The molecule has 0 aliphatic carbocycles. The lowest BCUT2D eigenvalue weighted by Gasteiger charge is -2.31.